The number of piperidine rings is 1. The predicted molar refractivity (Wildman–Crippen MR) is 124 cm³/mol. The fourth-order valence-corrected chi connectivity index (χ4v) is 5.61. The number of benzene rings is 1. The fraction of sp³-hybridized carbons (Fsp3) is 0.500. The lowest BCUT2D eigenvalue weighted by Crippen LogP contribution is -2.48. The first-order valence-corrected chi connectivity index (χ1v) is 12.1. The molecule has 1 atom stereocenters. The molecule has 3 fully saturated rings. The van der Waals surface area contributed by atoms with Crippen LogP contribution in [-0.2, 0) is 17.5 Å². The Morgan fingerprint density at radius 1 is 1.17 bits per heavy atom. The molecule has 35 heavy (non-hydrogen) atoms. The zero-order chi connectivity index (χ0) is 24.6. The van der Waals surface area contributed by atoms with Crippen molar-refractivity contribution in [1.82, 2.24) is 15.2 Å². The second kappa shape index (κ2) is 9.15. The highest BCUT2D eigenvalue weighted by molar-refractivity contribution is 5.81. The number of hydrogen-bond donors (Lipinski definition) is 1. The number of carbonyl (C=O) groups is 1. The third-order valence-electron chi connectivity index (χ3n) is 7.67. The lowest BCUT2D eigenvalue weighted by molar-refractivity contribution is -0.137. The zero-order valence-corrected chi connectivity index (χ0v) is 19.4. The summed E-state index contributed by atoms with van der Waals surface area (Å²) >= 11 is 0. The zero-order valence-electron chi connectivity index (χ0n) is 19.4. The summed E-state index contributed by atoms with van der Waals surface area (Å²) in [6.07, 6.45) is 2.46. The number of pyridine rings is 1. The molecule has 2 aliphatic heterocycles. The maximum Gasteiger partial charge on any atom is 0.417 e. The number of nitrogens with zero attached hydrogens (tertiary/aromatic N) is 4. The first-order valence-electron chi connectivity index (χ1n) is 12.1. The summed E-state index contributed by atoms with van der Waals surface area (Å²) in [6.45, 7) is 3.34. The highest BCUT2D eigenvalue weighted by atomic mass is 19.4. The van der Waals surface area contributed by atoms with Crippen LogP contribution in [0, 0.1) is 22.7 Å². The van der Waals surface area contributed by atoms with Crippen molar-refractivity contribution in [2.45, 2.75) is 44.4 Å². The summed E-state index contributed by atoms with van der Waals surface area (Å²) in [7, 11) is 0. The van der Waals surface area contributed by atoms with E-state index in [1.54, 1.807) is 24.5 Å². The molecule has 6 nitrogen and oxygen atoms in total. The average Bonchev–Trinajstić information content (AvgIpc) is 3.59. The van der Waals surface area contributed by atoms with Gasteiger partial charge < -0.3 is 10.2 Å². The number of amides is 1. The summed E-state index contributed by atoms with van der Waals surface area (Å²) in [5.41, 5.74) is 0.143. The lowest BCUT2D eigenvalue weighted by Gasteiger charge is -2.43. The van der Waals surface area contributed by atoms with Gasteiger partial charge in [0, 0.05) is 56.8 Å². The highest BCUT2D eigenvalue weighted by Crippen LogP contribution is 2.46. The highest BCUT2D eigenvalue weighted by Gasteiger charge is 2.51. The molecule has 0 bridgehead atoms. The van der Waals surface area contributed by atoms with E-state index in [4.69, 9.17) is 5.26 Å². The van der Waals surface area contributed by atoms with Crippen molar-refractivity contribution < 1.29 is 18.0 Å². The molecular weight excluding hydrogens is 455 g/mol. The van der Waals surface area contributed by atoms with Crippen molar-refractivity contribution in [1.29, 1.82) is 5.26 Å². The van der Waals surface area contributed by atoms with E-state index in [0.29, 0.717) is 25.3 Å². The van der Waals surface area contributed by atoms with Gasteiger partial charge in [0.1, 0.15) is 0 Å². The van der Waals surface area contributed by atoms with Gasteiger partial charge in [-0.1, -0.05) is 0 Å². The molecule has 2 saturated heterocycles. The molecule has 9 heteroatoms. The molecule has 1 N–H and O–H groups in total. The van der Waals surface area contributed by atoms with Gasteiger partial charge in [-0.2, -0.15) is 18.4 Å². The van der Waals surface area contributed by atoms with E-state index in [9.17, 15) is 18.0 Å². The number of anilines is 1. The van der Waals surface area contributed by atoms with Crippen LogP contribution < -0.4 is 10.2 Å². The van der Waals surface area contributed by atoms with E-state index in [2.05, 4.69) is 15.2 Å². The van der Waals surface area contributed by atoms with Crippen LogP contribution in [0.1, 0.15) is 42.4 Å². The fourth-order valence-electron chi connectivity index (χ4n) is 5.61. The van der Waals surface area contributed by atoms with Crippen LogP contribution in [0.25, 0.3) is 0 Å². The number of nitrogens with one attached hydrogen (secondary N) is 1. The number of nitriles is 1. The Labute approximate surface area is 202 Å². The van der Waals surface area contributed by atoms with E-state index in [1.807, 2.05) is 17.0 Å². The van der Waals surface area contributed by atoms with Gasteiger partial charge in [-0.3, -0.25) is 14.7 Å². The lowest BCUT2D eigenvalue weighted by atomic mass is 9.70. The summed E-state index contributed by atoms with van der Waals surface area (Å²) in [5, 5.41) is 12.3. The van der Waals surface area contributed by atoms with Gasteiger partial charge in [-0.05, 0) is 67.0 Å². The minimum atomic E-state index is -4.58. The van der Waals surface area contributed by atoms with E-state index in [-0.39, 0.29) is 28.8 Å². The number of aromatic nitrogens is 1. The van der Waals surface area contributed by atoms with Gasteiger partial charge in [0.25, 0.3) is 0 Å². The molecule has 1 unspecified atom stereocenters. The Hall–Kier alpha value is -3.12. The Balaban J connectivity index is 1.33. The molecule has 5 rings (SSSR count). The molecule has 3 aliphatic rings. The molecule has 2 aromatic rings. The molecule has 1 aromatic heterocycles. The number of likely N-dealkylation sites (tertiary alicyclic amines) is 1. The molecular formula is C26H28F3N5O. The van der Waals surface area contributed by atoms with Crippen LogP contribution in [0.5, 0.6) is 0 Å². The smallest absolute Gasteiger partial charge is 0.371 e. The van der Waals surface area contributed by atoms with Gasteiger partial charge in [0.05, 0.1) is 23.1 Å². The van der Waals surface area contributed by atoms with Gasteiger partial charge in [-0.25, -0.2) is 0 Å². The van der Waals surface area contributed by atoms with Crippen LogP contribution in [0.15, 0.2) is 42.7 Å². The molecule has 1 saturated carbocycles. The number of halogens is 3. The van der Waals surface area contributed by atoms with E-state index in [0.717, 1.165) is 50.4 Å². The van der Waals surface area contributed by atoms with Gasteiger partial charge >= 0.3 is 6.18 Å². The monoisotopic (exact) mass is 483 g/mol. The summed E-state index contributed by atoms with van der Waals surface area (Å²) in [6, 6.07) is 9.82. The average molecular weight is 484 g/mol. The second-order valence-corrected chi connectivity index (χ2v) is 10.0. The Bertz CT molecular complexity index is 1120. The topological polar surface area (TPSA) is 72.3 Å². The van der Waals surface area contributed by atoms with Crippen LogP contribution in [0.4, 0.5) is 18.9 Å². The minimum Gasteiger partial charge on any atom is -0.371 e. The SMILES string of the molecule is N#Cc1ccc(N2CCC3(CC2)CN(Cc2ccncc2)CC3C(=O)NC2CC2)cc1C(F)(F)F. The van der Waals surface area contributed by atoms with Crippen molar-refractivity contribution >= 4 is 11.6 Å². The van der Waals surface area contributed by atoms with E-state index >= 15 is 0 Å². The number of carbonyl (C=O) groups excluding carboxylic acids is 1. The van der Waals surface area contributed by atoms with Crippen LogP contribution >= 0.6 is 0 Å². The largest absolute Gasteiger partial charge is 0.417 e. The summed E-state index contributed by atoms with van der Waals surface area (Å²) in [5.74, 6) is -0.0327. The molecule has 184 valence electrons. The Morgan fingerprint density at radius 3 is 2.51 bits per heavy atom. The summed E-state index contributed by atoms with van der Waals surface area (Å²) < 4.78 is 40.4. The normalized spacial score (nSPS) is 22.2. The van der Waals surface area contributed by atoms with Crippen molar-refractivity contribution in [2.24, 2.45) is 11.3 Å². The Morgan fingerprint density at radius 2 is 1.89 bits per heavy atom. The third-order valence-corrected chi connectivity index (χ3v) is 7.67. The van der Waals surface area contributed by atoms with Gasteiger partial charge in [-0.15, -0.1) is 0 Å². The third kappa shape index (κ3) is 4.98. The quantitative estimate of drug-likeness (QED) is 0.697. The molecule has 1 spiro atoms. The molecule has 1 amide bonds. The van der Waals surface area contributed by atoms with E-state index < -0.39 is 11.7 Å². The van der Waals surface area contributed by atoms with Crippen LogP contribution in [0.2, 0.25) is 0 Å². The maximum absolute atomic E-state index is 13.5. The van der Waals surface area contributed by atoms with Gasteiger partial charge in [0.15, 0.2) is 0 Å². The second-order valence-electron chi connectivity index (χ2n) is 10.0. The molecule has 1 aliphatic carbocycles. The molecule has 3 heterocycles. The van der Waals surface area contributed by atoms with Crippen LogP contribution in [0.3, 0.4) is 0 Å². The standard InChI is InChI=1S/C26H28F3N5O/c27-26(28,29)22-13-21(4-1-19(22)14-30)34-11-7-25(8-12-34)17-33(15-18-5-9-31-10-6-18)16-23(25)24(35)32-20-2-3-20/h1,4-6,9-10,13,20,23H,2-3,7-8,11-12,15-17H2,(H,32,35). The Kier molecular flexibility index (Phi) is 6.18. The van der Waals surface area contributed by atoms with Crippen molar-refractivity contribution in [3.8, 4) is 6.07 Å². The number of alkyl halides is 3. The number of hydrogen-bond acceptors (Lipinski definition) is 5. The van der Waals surface area contributed by atoms with Gasteiger partial charge in [0.2, 0.25) is 5.91 Å². The van der Waals surface area contributed by atoms with Crippen LogP contribution in [-0.4, -0.2) is 48.0 Å². The first-order chi connectivity index (χ1) is 16.8. The maximum atomic E-state index is 13.5. The minimum absolute atomic E-state index is 0.107. The molecule has 0 radical (unpaired) electrons. The number of rotatable bonds is 5. The summed E-state index contributed by atoms with van der Waals surface area (Å²) in [4.78, 5) is 21.6. The molecule has 1 aromatic carbocycles. The first kappa shape index (κ1) is 23.6. The van der Waals surface area contributed by atoms with Crippen molar-refractivity contribution in [2.75, 3.05) is 31.1 Å². The predicted octanol–water partition coefficient (Wildman–Crippen LogP) is 3.97. The van der Waals surface area contributed by atoms with Crippen molar-refractivity contribution in [3.05, 3.63) is 59.4 Å². The van der Waals surface area contributed by atoms with E-state index in [1.165, 1.54) is 6.07 Å². The van der Waals surface area contributed by atoms with Crippen molar-refractivity contribution in [3.63, 3.8) is 0 Å².